The number of nitrogens with zero attached hydrogens (tertiary/aromatic N) is 5. The van der Waals surface area contributed by atoms with Gasteiger partial charge in [-0.1, -0.05) is 11.1 Å². The predicted octanol–water partition coefficient (Wildman–Crippen LogP) is 0.572. The van der Waals surface area contributed by atoms with Gasteiger partial charge in [0, 0.05) is 67.1 Å². The number of hydrogen-bond donors (Lipinski definition) is 10. The Morgan fingerprint density at radius 1 is 0.971 bits per heavy atom. The van der Waals surface area contributed by atoms with Crippen molar-refractivity contribution in [3.63, 3.8) is 0 Å². The van der Waals surface area contributed by atoms with Crippen LogP contribution in [0.15, 0.2) is 70.1 Å². The second kappa shape index (κ2) is 19.8. The number of aromatic carboxylic acids is 1. The maximum Gasteiger partial charge on any atom is 0.490 e. The molecule has 0 bridgehead atoms. The SMILES string of the molecule is CN(C)c1ccc2c(-c3ccc(C(=O)NCCNC(=O)O[C@H]4[C@@H](O)[C@H]([n+]5cn(C)c6c(=O)[nH]c(N)nc65)O[C@@H]4COP(=O)(O)OP(=O)(O)OP(=O)(O)O)cc3C(=O)O)c3ccc(=[N+](C)C)cc-3oc2c1. The molecule has 11 N–H and O–H groups in total. The molecule has 28 nitrogen and oxygen atoms in total. The van der Waals surface area contributed by atoms with E-state index in [-0.39, 0.29) is 41.3 Å². The molecule has 4 heterocycles. The number of benzene rings is 3. The first-order valence-corrected chi connectivity index (χ1v) is 24.9. The number of nitrogens with two attached hydrogens (primary N) is 1. The molecule has 6 atom stereocenters. The van der Waals surface area contributed by atoms with Gasteiger partial charge < -0.3 is 64.9 Å². The van der Waals surface area contributed by atoms with E-state index < -0.39 is 78.1 Å². The van der Waals surface area contributed by atoms with E-state index in [2.05, 4.69) is 29.2 Å². The van der Waals surface area contributed by atoms with Crippen molar-refractivity contribution in [1.82, 2.24) is 29.7 Å². The van der Waals surface area contributed by atoms with Gasteiger partial charge in [-0.2, -0.15) is 8.62 Å². The molecular weight excluding hydrogens is 991 g/mol. The van der Waals surface area contributed by atoms with Gasteiger partial charge in [-0.15, -0.1) is 0 Å². The van der Waals surface area contributed by atoms with E-state index in [4.69, 9.17) is 33.9 Å². The Morgan fingerprint density at radius 2 is 1.67 bits per heavy atom. The number of carbonyl (C=O) groups is 3. The van der Waals surface area contributed by atoms with Crippen molar-refractivity contribution in [2.45, 2.75) is 24.5 Å². The maximum atomic E-state index is 13.4. The lowest BCUT2D eigenvalue weighted by molar-refractivity contribution is -0.745. The molecule has 4 aromatic rings. The minimum absolute atomic E-state index is 0.0389. The number of carboxylic acids is 1. The van der Waals surface area contributed by atoms with E-state index in [1.54, 1.807) is 0 Å². The highest BCUT2D eigenvalue weighted by Gasteiger charge is 2.51. The van der Waals surface area contributed by atoms with Crippen LogP contribution in [-0.4, -0.2) is 128 Å². The fourth-order valence-corrected chi connectivity index (χ4v) is 10.6. The van der Waals surface area contributed by atoms with Gasteiger partial charge in [-0.3, -0.25) is 23.7 Å². The van der Waals surface area contributed by atoms with Crippen LogP contribution in [0.1, 0.15) is 26.9 Å². The number of imidazole rings is 1. The number of carbonyl (C=O) groups excluding carboxylic acids is 2. The molecule has 2 aromatic heterocycles. The highest BCUT2D eigenvalue weighted by atomic mass is 31.3. The summed E-state index contributed by atoms with van der Waals surface area (Å²) in [6, 6.07) is 15.3. The Bertz CT molecular complexity index is 3310. The van der Waals surface area contributed by atoms with Gasteiger partial charge >= 0.3 is 41.2 Å². The number of alkyl carbamates (subject to hydrolysis) is 1. The Balaban J connectivity index is 1.07. The molecule has 0 spiro atoms. The lowest BCUT2D eigenvalue weighted by Crippen LogP contribution is -2.47. The number of ether oxygens (including phenoxy) is 2. The van der Waals surface area contributed by atoms with Gasteiger partial charge in [-0.05, 0) is 35.9 Å². The van der Waals surface area contributed by atoms with E-state index >= 15 is 0 Å². The number of fused-ring (bicyclic) bond motifs is 3. The number of rotatable bonds is 16. The van der Waals surface area contributed by atoms with E-state index in [9.17, 15) is 52.9 Å². The number of aromatic nitrogens is 4. The number of aromatic amines is 1. The molecule has 7 rings (SSSR count). The average Bonchev–Trinajstić information content (AvgIpc) is 3.75. The van der Waals surface area contributed by atoms with Gasteiger partial charge in [0.15, 0.2) is 18.5 Å². The van der Waals surface area contributed by atoms with E-state index in [0.29, 0.717) is 33.4 Å². The lowest BCUT2D eigenvalue weighted by atomic mass is 9.89. The van der Waals surface area contributed by atoms with Crippen LogP contribution in [0.3, 0.4) is 0 Å². The van der Waals surface area contributed by atoms with E-state index in [1.165, 1.54) is 36.1 Å². The molecule has 3 aliphatic rings. The Hall–Kier alpha value is -6.38. The molecule has 0 saturated carbocycles. The summed E-state index contributed by atoms with van der Waals surface area (Å²) in [6.07, 6.45) is -7.06. The molecule has 70 heavy (non-hydrogen) atoms. The Morgan fingerprint density at radius 3 is 2.34 bits per heavy atom. The van der Waals surface area contributed by atoms with Gasteiger partial charge in [0.2, 0.25) is 17.1 Å². The summed E-state index contributed by atoms with van der Waals surface area (Å²) >= 11 is 0. The Kier molecular flexibility index (Phi) is 14.5. The minimum atomic E-state index is -5.94. The number of aliphatic hydroxyl groups is 1. The topological polar surface area (TPSA) is 394 Å². The van der Waals surface area contributed by atoms with Crippen LogP contribution in [-0.2, 0) is 43.4 Å². The smallest absolute Gasteiger partial charge is 0.478 e. The van der Waals surface area contributed by atoms with E-state index in [0.717, 1.165) is 15.6 Å². The number of carboxylic acid groups (broad SMARTS) is 1. The number of aliphatic hydroxyl groups excluding tert-OH is 1. The summed E-state index contributed by atoms with van der Waals surface area (Å²) in [5, 5.41) is 28.3. The van der Waals surface area contributed by atoms with Crippen molar-refractivity contribution in [1.29, 1.82) is 0 Å². The molecule has 374 valence electrons. The van der Waals surface area contributed by atoms with Crippen LogP contribution in [0.25, 0.3) is 44.6 Å². The number of anilines is 2. The molecule has 2 aromatic carbocycles. The monoisotopic (exact) mass is 1040 g/mol. The van der Waals surface area contributed by atoms with Crippen LogP contribution in [0.5, 0.6) is 0 Å². The first kappa shape index (κ1) is 51.5. The van der Waals surface area contributed by atoms with Crippen LogP contribution in [0.4, 0.5) is 16.4 Å². The quantitative estimate of drug-likeness (QED) is 0.0274. The molecule has 31 heteroatoms. The maximum absolute atomic E-state index is 13.4. The largest absolute Gasteiger partial charge is 0.490 e. The number of nitrogens with one attached hydrogen (secondary N) is 3. The van der Waals surface area contributed by atoms with Gasteiger partial charge in [-0.25, -0.2) is 32.4 Å². The van der Waals surface area contributed by atoms with Crippen molar-refractivity contribution in [2.75, 3.05) is 58.5 Å². The number of H-pyrrole nitrogens is 1. The third kappa shape index (κ3) is 11.3. The van der Waals surface area contributed by atoms with E-state index in [1.807, 2.05) is 74.1 Å². The summed E-state index contributed by atoms with van der Waals surface area (Å²) in [5.41, 5.74) is 7.44. The number of hydrogen-bond acceptors (Lipinski definition) is 17. The van der Waals surface area contributed by atoms with Crippen molar-refractivity contribution >= 4 is 75.2 Å². The zero-order valence-corrected chi connectivity index (χ0v) is 40.0. The zero-order chi connectivity index (χ0) is 51.2. The average molecular weight is 1040 g/mol. The fourth-order valence-electron chi connectivity index (χ4n) is 7.56. The van der Waals surface area contributed by atoms with Crippen molar-refractivity contribution in [3.05, 3.63) is 87.8 Å². The predicted molar refractivity (Wildman–Crippen MR) is 243 cm³/mol. The van der Waals surface area contributed by atoms with Crippen molar-refractivity contribution < 1.29 is 89.5 Å². The molecule has 1 fully saturated rings. The summed E-state index contributed by atoms with van der Waals surface area (Å²) in [6.45, 7) is -1.76. The third-order valence-electron chi connectivity index (χ3n) is 10.6. The molecular formula is C39H46N9O19P3+2. The summed E-state index contributed by atoms with van der Waals surface area (Å²) in [5.74, 6) is -1.88. The molecule has 2 unspecified atom stereocenters. The number of aryl methyl sites for hydroxylation is 1. The lowest BCUT2D eigenvalue weighted by Gasteiger charge is -2.22. The number of phosphoric ester groups is 1. The highest BCUT2D eigenvalue weighted by molar-refractivity contribution is 7.66. The number of amides is 2. The second-order valence-electron chi connectivity index (χ2n) is 15.9. The van der Waals surface area contributed by atoms with Crippen molar-refractivity contribution in [2.24, 2.45) is 7.05 Å². The first-order chi connectivity index (χ1) is 32.7. The van der Waals surface area contributed by atoms with Gasteiger partial charge in [0.05, 0.1) is 25.3 Å². The van der Waals surface area contributed by atoms with Gasteiger partial charge in [0.25, 0.3) is 17.4 Å². The summed E-state index contributed by atoms with van der Waals surface area (Å²) < 4.78 is 69.6. The van der Waals surface area contributed by atoms with Gasteiger partial charge in [0.1, 0.15) is 31.5 Å². The number of phosphoric acid groups is 3. The Labute approximate surface area is 393 Å². The summed E-state index contributed by atoms with van der Waals surface area (Å²) in [7, 11) is -8.49. The fraction of sp³-hybridized carbons (Fsp3) is 0.308. The molecule has 1 saturated heterocycles. The number of nitrogen functional groups attached to an aromatic ring is 1. The molecule has 0 radical (unpaired) electrons. The minimum Gasteiger partial charge on any atom is -0.478 e. The third-order valence-corrected chi connectivity index (χ3v) is 14.4. The standard InChI is InChI=1S/C39H44N9O19P3/c1-45(2)20-7-10-23-26(15-20)63-27-16-21(46(3)4)8-11-24(27)29(23)22-9-6-19(14-25(22)37(52)53)34(50)41-12-13-42-39(54)65-32-28(17-62-69(58,59)67-70(60,61)66-68(55,56)57)64-36(31(32)49)48-18-47(5)30-33(48)43-38(40)44-35(30)51/h6-11,14-16,18,28,31-32,36,49H,12-13,17H2,1-5H3,(H8-2,40,41,42,43,44,50,51,52,53,54,55,56,57,58,59,60,61)/p+2/t28-,31-,32-,36-/m1/s1. The first-order valence-electron chi connectivity index (χ1n) is 20.4. The zero-order valence-electron chi connectivity index (χ0n) is 37.3. The van der Waals surface area contributed by atoms with Crippen LogP contribution < -0.4 is 41.3 Å². The van der Waals surface area contributed by atoms with Crippen LogP contribution >= 0.6 is 23.5 Å². The van der Waals surface area contributed by atoms with Crippen LogP contribution in [0, 0.1) is 0 Å². The van der Waals surface area contributed by atoms with Crippen molar-refractivity contribution in [3.8, 4) is 22.5 Å². The molecule has 2 aliphatic heterocycles. The highest BCUT2D eigenvalue weighted by Crippen LogP contribution is 2.66. The summed E-state index contributed by atoms with van der Waals surface area (Å²) in [4.78, 5) is 97.7. The molecule has 1 aliphatic carbocycles. The second-order valence-corrected chi connectivity index (χ2v) is 20.4. The normalized spacial score (nSPS) is 18.9. The van der Waals surface area contributed by atoms with Crippen LogP contribution in [0.2, 0.25) is 0 Å². The molecule has 2 amide bonds.